The molecule has 0 aliphatic carbocycles. The molecule has 5 heterocycles. The monoisotopic (exact) mass is 366 g/mol. The van der Waals surface area contributed by atoms with Gasteiger partial charge in [-0.3, -0.25) is 4.79 Å². The maximum Gasteiger partial charge on any atom is 0.243 e. The first-order valence-corrected chi connectivity index (χ1v) is 9.57. The molecule has 2 aromatic rings. The highest BCUT2D eigenvalue weighted by Crippen LogP contribution is 2.40. The smallest absolute Gasteiger partial charge is 0.243 e. The van der Waals surface area contributed by atoms with Crippen molar-refractivity contribution in [3.63, 3.8) is 0 Å². The molecule has 5 rings (SSSR count). The van der Waals surface area contributed by atoms with Crippen LogP contribution in [-0.2, 0) is 9.53 Å². The van der Waals surface area contributed by atoms with Crippen LogP contribution in [0.2, 0.25) is 0 Å². The number of ether oxygens (including phenoxy) is 1. The van der Waals surface area contributed by atoms with Crippen molar-refractivity contribution < 1.29 is 9.53 Å². The number of nitriles is 1. The molecule has 3 aliphatic rings. The van der Waals surface area contributed by atoms with Gasteiger partial charge >= 0.3 is 0 Å². The molecule has 0 aromatic carbocycles. The lowest BCUT2D eigenvalue weighted by Crippen LogP contribution is -2.60. The standard InChI is InChI=1S/C19H22N6O2/c20-11-19(4-7-27-8-5-19)18(26)25-13-1-2-14(25)10-24(9-13)17-15-3-6-21-16(15)22-12-23-17/h3,6,12-14H,1-2,4-5,7-10H2,(H,21,22,23). The Kier molecular flexibility index (Phi) is 3.79. The lowest BCUT2D eigenvalue weighted by molar-refractivity contribution is -0.147. The molecule has 3 fully saturated rings. The number of carbonyl (C=O) groups is 1. The summed E-state index contributed by atoms with van der Waals surface area (Å²) in [6.45, 7) is 2.47. The number of hydrogen-bond donors (Lipinski definition) is 1. The van der Waals surface area contributed by atoms with Crippen LogP contribution < -0.4 is 4.90 Å². The number of hydrogen-bond acceptors (Lipinski definition) is 6. The molecule has 1 N–H and O–H groups in total. The van der Waals surface area contributed by atoms with E-state index in [1.807, 2.05) is 17.2 Å². The number of rotatable bonds is 2. The van der Waals surface area contributed by atoms with Gasteiger partial charge in [0.15, 0.2) is 0 Å². The van der Waals surface area contributed by atoms with Crippen molar-refractivity contribution in [2.75, 3.05) is 31.2 Å². The van der Waals surface area contributed by atoms with Crippen molar-refractivity contribution in [1.29, 1.82) is 5.26 Å². The molecule has 0 saturated carbocycles. The largest absolute Gasteiger partial charge is 0.381 e. The van der Waals surface area contributed by atoms with Gasteiger partial charge in [0.2, 0.25) is 5.91 Å². The first-order chi connectivity index (χ1) is 13.2. The molecule has 8 heteroatoms. The summed E-state index contributed by atoms with van der Waals surface area (Å²) >= 11 is 0. The second-order valence-corrected chi connectivity index (χ2v) is 7.75. The number of carbonyl (C=O) groups excluding carboxylic acids is 1. The Morgan fingerprint density at radius 2 is 2.00 bits per heavy atom. The van der Waals surface area contributed by atoms with Gasteiger partial charge in [-0.1, -0.05) is 0 Å². The van der Waals surface area contributed by atoms with Crippen LogP contribution in [0.5, 0.6) is 0 Å². The Morgan fingerprint density at radius 3 is 2.70 bits per heavy atom. The van der Waals surface area contributed by atoms with E-state index < -0.39 is 5.41 Å². The lowest BCUT2D eigenvalue weighted by atomic mass is 9.79. The number of anilines is 1. The summed E-state index contributed by atoms with van der Waals surface area (Å²) in [6, 6.07) is 4.60. The predicted octanol–water partition coefficient (Wildman–Crippen LogP) is 1.46. The Hall–Kier alpha value is -2.66. The molecule has 3 aliphatic heterocycles. The van der Waals surface area contributed by atoms with Gasteiger partial charge in [-0.15, -0.1) is 0 Å². The van der Waals surface area contributed by atoms with Gasteiger partial charge in [0.05, 0.1) is 11.5 Å². The molecule has 3 saturated heterocycles. The number of fused-ring (bicyclic) bond motifs is 3. The second-order valence-electron chi connectivity index (χ2n) is 7.75. The van der Waals surface area contributed by atoms with Crippen molar-refractivity contribution in [2.45, 2.75) is 37.8 Å². The Bertz CT molecular complexity index is 898. The minimum atomic E-state index is -0.913. The van der Waals surface area contributed by atoms with E-state index in [0.717, 1.165) is 42.8 Å². The molecule has 27 heavy (non-hydrogen) atoms. The zero-order valence-corrected chi connectivity index (χ0v) is 15.1. The van der Waals surface area contributed by atoms with Crippen LogP contribution in [0, 0.1) is 16.7 Å². The van der Waals surface area contributed by atoms with Crippen LogP contribution in [0.25, 0.3) is 11.0 Å². The van der Waals surface area contributed by atoms with Crippen molar-refractivity contribution >= 4 is 22.8 Å². The Balaban J connectivity index is 1.41. The molecule has 140 valence electrons. The van der Waals surface area contributed by atoms with Crippen LogP contribution >= 0.6 is 0 Å². The molecule has 1 amide bonds. The SMILES string of the molecule is N#CC1(C(=O)N2C3CCC2CN(c2ncnc4[nH]ccc24)C3)CCOCC1. The summed E-state index contributed by atoms with van der Waals surface area (Å²) < 4.78 is 5.39. The van der Waals surface area contributed by atoms with Crippen molar-refractivity contribution in [1.82, 2.24) is 19.9 Å². The van der Waals surface area contributed by atoms with Gasteiger partial charge in [-0.2, -0.15) is 5.26 Å². The molecule has 0 radical (unpaired) electrons. The second kappa shape index (κ2) is 6.20. The third-order valence-electron chi connectivity index (χ3n) is 6.32. The number of aromatic amines is 1. The van der Waals surface area contributed by atoms with Gasteiger partial charge in [-0.05, 0) is 31.7 Å². The fourth-order valence-electron chi connectivity index (χ4n) is 4.86. The first-order valence-electron chi connectivity index (χ1n) is 9.57. The number of H-pyrrole nitrogens is 1. The fourth-order valence-corrected chi connectivity index (χ4v) is 4.86. The van der Waals surface area contributed by atoms with Crippen LogP contribution in [0.3, 0.4) is 0 Å². The van der Waals surface area contributed by atoms with E-state index in [1.165, 1.54) is 0 Å². The Morgan fingerprint density at radius 1 is 1.26 bits per heavy atom. The van der Waals surface area contributed by atoms with E-state index >= 15 is 0 Å². The molecule has 8 nitrogen and oxygen atoms in total. The van der Waals surface area contributed by atoms with E-state index in [-0.39, 0.29) is 18.0 Å². The predicted molar refractivity (Wildman–Crippen MR) is 97.9 cm³/mol. The molecule has 2 bridgehead atoms. The van der Waals surface area contributed by atoms with Gasteiger partial charge in [0.25, 0.3) is 0 Å². The summed E-state index contributed by atoms with van der Waals surface area (Å²) in [6.07, 6.45) is 6.41. The van der Waals surface area contributed by atoms with Gasteiger partial charge in [-0.25, -0.2) is 9.97 Å². The van der Waals surface area contributed by atoms with Crippen molar-refractivity contribution in [2.24, 2.45) is 5.41 Å². The highest BCUT2D eigenvalue weighted by atomic mass is 16.5. The van der Waals surface area contributed by atoms with Crippen LogP contribution in [-0.4, -0.2) is 64.1 Å². The van der Waals surface area contributed by atoms with Gasteiger partial charge < -0.3 is 19.5 Å². The van der Waals surface area contributed by atoms with Crippen molar-refractivity contribution in [3.8, 4) is 6.07 Å². The highest BCUT2D eigenvalue weighted by Gasteiger charge is 2.51. The zero-order chi connectivity index (χ0) is 18.4. The molecule has 2 aromatic heterocycles. The number of nitrogens with one attached hydrogen (secondary N) is 1. The van der Waals surface area contributed by atoms with E-state index in [2.05, 4.69) is 25.9 Å². The van der Waals surface area contributed by atoms with E-state index in [9.17, 15) is 10.1 Å². The van der Waals surface area contributed by atoms with E-state index in [1.54, 1.807) is 6.33 Å². The molecule has 2 atom stereocenters. The number of aromatic nitrogens is 3. The maximum absolute atomic E-state index is 13.4. The van der Waals surface area contributed by atoms with Gasteiger partial charge in [0, 0.05) is 44.6 Å². The summed E-state index contributed by atoms with van der Waals surface area (Å²) in [4.78, 5) is 29.6. The highest BCUT2D eigenvalue weighted by molar-refractivity contribution is 5.89. The summed E-state index contributed by atoms with van der Waals surface area (Å²) in [5.41, 5.74) is -0.0825. The quantitative estimate of drug-likeness (QED) is 0.864. The summed E-state index contributed by atoms with van der Waals surface area (Å²) in [7, 11) is 0. The van der Waals surface area contributed by atoms with Crippen LogP contribution in [0.1, 0.15) is 25.7 Å². The average Bonchev–Trinajstić information content (AvgIpc) is 3.29. The number of amides is 1. The van der Waals surface area contributed by atoms with Crippen LogP contribution in [0.4, 0.5) is 5.82 Å². The average molecular weight is 366 g/mol. The molecular formula is C19H22N6O2. The molecule has 0 spiro atoms. The zero-order valence-electron chi connectivity index (χ0n) is 15.1. The summed E-state index contributed by atoms with van der Waals surface area (Å²) in [5.74, 6) is 0.932. The van der Waals surface area contributed by atoms with Crippen LogP contribution in [0.15, 0.2) is 18.6 Å². The normalized spacial score (nSPS) is 26.9. The first kappa shape index (κ1) is 16.5. The van der Waals surface area contributed by atoms with Crippen molar-refractivity contribution in [3.05, 3.63) is 18.6 Å². The topological polar surface area (TPSA) is 98.1 Å². The fraction of sp³-hybridized carbons (Fsp3) is 0.579. The lowest BCUT2D eigenvalue weighted by Gasteiger charge is -2.45. The molecular weight excluding hydrogens is 344 g/mol. The number of piperazine rings is 1. The molecule has 2 unspecified atom stereocenters. The maximum atomic E-state index is 13.4. The third-order valence-corrected chi connectivity index (χ3v) is 6.32. The minimum absolute atomic E-state index is 0.00919. The third kappa shape index (κ3) is 2.49. The Labute approximate surface area is 157 Å². The van der Waals surface area contributed by atoms with E-state index in [4.69, 9.17) is 4.74 Å². The minimum Gasteiger partial charge on any atom is -0.381 e. The van der Waals surface area contributed by atoms with Gasteiger partial charge in [0.1, 0.15) is 23.2 Å². The number of nitrogens with zero attached hydrogens (tertiary/aromatic N) is 5. The summed E-state index contributed by atoms with van der Waals surface area (Å²) in [5, 5.41) is 10.8. The van der Waals surface area contributed by atoms with E-state index in [0.29, 0.717) is 26.1 Å².